The summed E-state index contributed by atoms with van der Waals surface area (Å²) in [6.45, 7) is 10.6. The lowest BCUT2D eigenvalue weighted by Crippen LogP contribution is -2.17. The number of nitrogens with one attached hydrogen (secondary N) is 1. The molecule has 4 heteroatoms. The SMILES string of the molecule is CC=CCOc1cnc(C(C)C)nc1CNCCC. The first-order valence-corrected chi connectivity index (χ1v) is 6.99. The van der Waals surface area contributed by atoms with Crippen LogP contribution in [0.2, 0.25) is 0 Å². The number of nitrogens with zero attached hydrogens (tertiary/aromatic N) is 2. The van der Waals surface area contributed by atoms with E-state index in [0.29, 0.717) is 12.5 Å². The van der Waals surface area contributed by atoms with E-state index in [1.165, 1.54) is 0 Å². The van der Waals surface area contributed by atoms with Gasteiger partial charge in [-0.05, 0) is 19.9 Å². The van der Waals surface area contributed by atoms with Crippen molar-refractivity contribution in [3.05, 3.63) is 29.9 Å². The van der Waals surface area contributed by atoms with Crippen molar-refractivity contribution in [2.45, 2.75) is 46.6 Å². The van der Waals surface area contributed by atoms with Crippen LogP contribution in [-0.2, 0) is 6.54 Å². The second kappa shape index (κ2) is 8.64. The van der Waals surface area contributed by atoms with E-state index >= 15 is 0 Å². The maximum atomic E-state index is 5.69. The van der Waals surface area contributed by atoms with Gasteiger partial charge in [0.2, 0.25) is 0 Å². The van der Waals surface area contributed by atoms with Crippen LogP contribution in [0.15, 0.2) is 18.3 Å². The van der Waals surface area contributed by atoms with Crippen LogP contribution in [0.3, 0.4) is 0 Å². The third-order valence-electron chi connectivity index (χ3n) is 2.65. The first-order chi connectivity index (χ1) is 9.19. The maximum Gasteiger partial charge on any atom is 0.160 e. The minimum atomic E-state index is 0.328. The molecule has 0 bridgehead atoms. The first kappa shape index (κ1) is 15.6. The van der Waals surface area contributed by atoms with Crippen LogP contribution in [0.25, 0.3) is 0 Å². The molecule has 0 amide bonds. The van der Waals surface area contributed by atoms with Crippen LogP contribution in [0.4, 0.5) is 0 Å². The zero-order valence-electron chi connectivity index (χ0n) is 12.4. The van der Waals surface area contributed by atoms with Crippen LogP contribution >= 0.6 is 0 Å². The van der Waals surface area contributed by atoms with Crippen molar-refractivity contribution in [3.63, 3.8) is 0 Å². The predicted molar refractivity (Wildman–Crippen MR) is 78.4 cm³/mol. The van der Waals surface area contributed by atoms with Crippen LogP contribution in [0, 0.1) is 0 Å². The monoisotopic (exact) mass is 263 g/mol. The fourth-order valence-electron chi connectivity index (χ4n) is 1.56. The van der Waals surface area contributed by atoms with Gasteiger partial charge in [-0.15, -0.1) is 0 Å². The molecule has 0 saturated heterocycles. The number of ether oxygens (including phenoxy) is 1. The molecule has 1 aromatic heterocycles. The van der Waals surface area contributed by atoms with Crippen molar-refractivity contribution in [1.82, 2.24) is 15.3 Å². The second-order valence-electron chi connectivity index (χ2n) is 4.75. The normalized spacial score (nSPS) is 11.4. The largest absolute Gasteiger partial charge is 0.486 e. The molecular formula is C15H25N3O. The first-order valence-electron chi connectivity index (χ1n) is 6.99. The van der Waals surface area contributed by atoms with Gasteiger partial charge in [-0.3, -0.25) is 0 Å². The highest BCUT2D eigenvalue weighted by Gasteiger charge is 2.10. The van der Waals surface area contributed by atoms with Crippen molar-refractivity contribution >= 4 is 0 Å². The molecule has 4 nitrogen and oxygen atoms in total. The molecule has 1 heterocycles. The summed E-state index contributed by atoms with van der Waals surface area (Å²) in [4.78, 5) is 8.96. The van der Waals surface area contributed by atoms with E-state index in [1.54, 1.807) is 6.20 Å². The van der Waals surface area contributed by atoms with Crippen LogP contribution < -0.4 is 10.1 Å². The van der Waals surface area contributed by atoms with Crippen molar-refractivity contribution < 1.29 is 4.74 Å². The lowest BCUT2D eigenvalue weighted by molar-refractivity contribution is 0.352. The maximum absolute atomic E-state index is 5.69. The molecule has 0 fully saturated rings. The Balaban J connectivity index is 2.80. The van der Waals surface area contributed by atoms with Crippen LogP contribution in [0.1, 0.15) is 51.6 Å². The van der Waals surface area contributed by atoms with Gasteiger partial charge in [0.1, 0.15) is 12.4 Å². The Kier molecular flexibility index (Phi) is 7.11. The van der Waals surface area contributed by atoms with Gasteiger partial charge < -0.3 is 10.1 Å². The molecule has 0 aliphatic carbocycles. The summed E-state index contributed by atoms with van der Waals surface area (Å²) in [6, 6.07) is 0. The second-order valence-corrected chi connectivity index (χ2v) is 4.75. The van der Waals surface area contributed by atoms with Gasteiger partial charge in [0.15, 0.2) is 5.75 Å². The quantitative estimate of drug-likeness (QED) is 0.578. The molecule has 0 radical (unpaired) electrons. The molecule has 0 spiro atoms. The molecule has 19 heavy (non-hydrogen) atoms. The van der Waals surface area contributed by atoms with Crippen molar-refractivity contribution in [2.24, 2.45) is 0 Å². The molecule has 0 unspecified atom stereocenters. The molecular weight excluding hydrogens is 238 g/mol. The van der Waals surface area contributed by atoms with Gasteiger partial charge in [0.25, 0.3) is 0 Å². The number of rotatable bonds is 8. The molecule has 1 N–H and O–H groups in total. The van der Waals surface area contributed by atoms with Gasteiger partial charge >= 0.3 is 0 Å². The minimum absolute atomic E-state index is 0.328. The average Bonchev–Trinajstić information content (AvgIpc) is 2.40. The fraction of sp³-hybridized carbons (Fsp3) is 0.600. The summed E-state index contributed by atoms with van der Waals surface area (Å²) in [5.74, 6) is 1.97. The Labute approximate surface area is 116 Å². The highest BCUT2D eigenvalue weighted by Crippen LogP contribution is 2.18. The predicted octanol–water partition coefficient (Wildman–Crippen LogP) is 3.05. The highest BCUT2D eigenvalue weighted by molar-refractivity contribution is 5.25. The Hall–Kier alpha value is -1.42. The van der Waals surface area contributed by atoms with Crippen molar-refractivity contribution in [2.75, 3.05) is 13.2 Å². The van der Waals surface area contributed by atoms with Gasteiger partial charge in [0, 0.05) is 12.5 Å². The van der Waals surface area contributed by atoms with Gasteiger partial charge in [-0.2, -0.15) is 0 Å². The lowest BCUT2D eigenvalue weighted by atomic mass is 10.2. The average molecular weight is 263 g/mol. The number of hydrogen-bond donors (Lipinski definition) is 1. The molecule has 0 aliphatic rings. The van der Waals surface area contributed by atoms with E-state index < -0.39 is 0 Å². The van der Waals surface area contributed by atoms with Crippen molar-refractivity contribution in [3.8, 4) is 5.75 Å². The molecule has 0 saturated carbocycles. The summed E-state index contributed by atoms with van der Waals surface area (Å²) in [5.41, 5.74) is 0.941. The highest BCUT2D eigenvalue weighted by atomic mass is 16.5. The topological polar surface area (TPSA) is 47.0 Å². The summed E-state index contributed by atoms with van der Waals surface area (Å²) in [6.07, 6.45) is 6.84. The van der Waals surface area contributed by atoms with E-state index in [0.717, 1.165) is 36.8 Å². The summed E-state index contributed by atoms with van der Waals surface area (Å²) >= 11 is 0. The molecule has 1 aromatic rings. The third kappa shape index (κ3) is 5.39. The standard InChI is InChI=1S/C15H25N3O/c1-5-7-9-19-14-11-17-15(12(3)4)18-13(14)10-16-8-6-2/h5,7,11-12,16H,6,8-10H2,1-4H3. The molecule has 1 rings (SSSR count). The summed E-state index contributed by atoms with van der Waals surface area (Å²) in [5, 5.41) is 3.36. The number of allylic oxidation sites excluding steroid dienone is 1. The molecule has 106 valence electrons. The zero-order valence-corrected chi connectivity index (χ0v) is 12.4. The smallest absolute Gasteiger partial charge is 0.160 e. The van der Waals surface area contributed by atoms with E-state index in [4.69, 9.17) is 4.74 Å². The fourth-order valence-corrected chi connectivity index (χ4v) is 1.56. The molecule has 0 atom stereocenters. The minimum Gasteiger partial charge on any atom is -0.486 e. The Morgan fingerprint density at radius 2 is 2.21 bits per heavy atom. The van der Waals surface area contributed by atoms with E-state index in [1.807, 2.05) is 19.1 Å². The Morgan fingerprint density at radius 3 is 2.84 bits per heavy atom. The van der Waals surface area contributed by atoms with E-state index in [9.17, 15) is 0 Å². The van der Waals surface area contributed by atoms with Crippen LogP contribution in [0.5, 0.6) is 5.75 Å². The van der Waals surface area contributed by atoms with Gasteiger partial charge in [0.05, 0.1) is 11.9 Å². The van der Waals surface area contributed by atoms with Gasteiger partial charge in [-0.25, -0.2) is 9.97 Å². The Bertz CT molecular complexity index is 402. The van der Waals surface area contributed by atoms with E-state index in [-0.39, 0.29) is 0 Å². The zero-order chi connectivity index (χ0) is 14.1. The van der Waals surface area contributed by atoms with Crippen LogP contribution in [-0.4, -0.2) is 23.1 Å². The van der Waals surface area contributed by atoms with Gasteiger partial charge in [-0.1, -0.05) is 32.9 Å². The number of hydrogen-bond acceptors (Lipinski definition) is 4. The van der Waals surface area contributed by atoms with E-state index in [2.05, 4.69) is 36.1 Å². The lowest BCUT2D eigenvalue weighted by Gasteiger charge is -2.12. The molecule has 0 aliphatic heterocycles. The summed E-state index contributed by atoms with van der Waals surface area (Å²) in [7, 11) is 0. The third-order valence-corrected chi connectivity index (χ3v) is 2.65. The number of aromatic nitrogens is 2. The van der Waals surface area contributed by atoms with Crippen molar-refractivity contribution in [1.29, 1.82) is 0 Å². The summed E-state index contributed by atoms with van der Waals surface area (Å²) < 4.78 is 5.69. The molecule has 0 aromatic carbocycles. The Morgan fingerprint density at radius 1 is 1.42 bits per heavy atom.